The highest BCUT2D eigenvalue weighted by Crippen LogP contribution is 2.57. The van der Waals surface area contributed by atoms with Gasteiger partial charge in [0.25, 0.3) is 10.1 Å². The lowest BCUT2D eigenvalue weighted by Gasteiger charge is -2.41. The molecule has 4 aliphatic rings. The van der Waals surface area contributed by atoms with Crippen molar-refractivity contribution in [2.75, 3.05) is 98.8 Å². The number of aliphatic hydroxyl groups is 3. The molecule has 2 heterocycles. The molecule has 0 saturated carbocycles. The zero-order valence-corrected chi connectivity index (χ0v) is 55.7. The summed E-state index contributed by atoms with van der Waals surface area (Å²) in [7, 11) is -3.58. The summed E-state index contributed by atoms with van der Waals surface area (Å²) in [5.41, 5.74) is 14.3. The zero-order chi connectivity index (χ0) is 66.6. The number of ether oxygens (including phenoxy) is 11. The third kappa shape index (κ3) is 18.0. The van der Waals surface area contributed by atoms with E-state index in [0.29, 0.717) is 116 Å². The SMILES string of the molecule is Cc1ccc2c(c1C)OCC1(OCCOCCOCCO)Cc3cc(OCc4ccccc4)c(OCc4ccccc4)cc3C21.Cc1ccc2c(c1C)OCC1(OCCOS(C)(=O)=O)Cc3cc(OCc4ccccc4)c(OCc4ccccc4)cc3C21.OCCOCCO. The van der Waals surface area contributed by atoms with Gasteiger partial charge < -0.3 is 67.4 Å². The van der Waals surface area contributed by atoms with Crippen molar-refractivity contribution in [1.29, 1.82) is 0 Å². The first-order valence-electron chi connectivity index (χ1n) is 32.4. The molecule has 8 aromatic carbocycles. The van der Waals surface area contributed by atoms with Crippen molar-refractivity contribution in [3.05, 3.63) is 248 Å². The van der Waals surface area contributed by atoms with Gasteiger partial charge in [0.05, 0.1) is 85.5 Å². The molecule has 0 radical (unpaired) electrons. The van der Waals surface area contributed by atoms with Crippen LogP contribution in [-0.2, 0) is 77.3 Å². The van der Waals surface area contributed by atoms with Gasteiger partial charge in [0.1, 0.15) is 62.3 Å². The van der Waals surface area contributed by atoms with E-state index in [0.717, 1.165) is 84.7 Å². The van der Waals surface area contributed by atoms with Gasteiger partial charge in [-0.25, -0.2) is 0 Å². The van der Waals surface area contributed by atoms with E-state index in [1.165, 1.54) is 16.7 Å². The lowest BCUT2D eigenvalue weighted by molar-refractivity contribution is -0.102. The Morgan fingerprint density at radius 3 is 1.09 bits per heavy atom. The first kappa shape index (κ1) is 70.0. The van der Waals surface area contributed by atoms with Crippen molar-refractivity contribution in [3.8, 4) is 34.5 Å². The molecule has 0 amide bonds. The summed E-state index contributed by atoms with van der Waals surface area (Å²) in [6.07, 6.45) is 2.29. The maximum Gasteiger partial charge on any atom is 0.264 e. The highest BCUT2D eigenvalue weighted by molar-refractivity contribution is 7.86. The van der Waals surface area contributed by atoms with Gasteiger partial charge >= 0.3 is 0 Å². The Labute approximate surface area is 558 Å². The Morgan fingerprint density at radius 1 is 0.411 bits per heavy atom. The molecular formula is C77H88O17S. The van der Waals surface area contributed by atoms with Crippen LogP contribution in [0.3, 0.4) is 0 Å². The third-order valence-corrected chi connectivity index (χ3v) is 18.0. The number of hydrogen-bond donors (Lipinski definition) is 3. The van der Waals surface area contributed by atoms with Gasteiger partial charge in [-0.3, -0.25) is 4.18 Å². The van der Waals surface area contributed by atoms with E-state index >= 15 is 0 Å². The average Bonchev–Trinajstić information content (AvgIpc) is 1.59. The minimum absolute atomic E-state index is 0.00602. The number of benzene rings is 8. The Hall–Kier alpha value is -7.85. The minimum Gasteiger partial charge on any atom is -0.490 e. The summed E-state index contributed by atoms with van der Waals surface area (Å²) in [5, 5.41) is 25.1. The van der Waals surface area contributed by atoms with Crippen LogP contribution in [0.15, 0.2) is 170 Å². The van der Waals surface area contributed by atoms with Crippen molar-refractivity contribution in [3.63, 3.8) is 0 Å². The monoisotopic (exact) mass is 1320 g/mol. The Bertz CT molecular complexity index is 3850. The Kier molecular flexibility index (Phi) is 24.8. The molecule has 2 aliphatic carbocycles. The van der Waals surface area contributed by atoms with Crippen LogP contribution in [0.25, 0.3) is 0 Å². The van der Waals surface area contributed by atoms with Crippen molar-refractivity contribution in [2.24, 2.45) is 0 Å². The maximum atomic E-state index is 11.6. The standard InChI is InChI=1S/C38H42O7.C35H36O7S.C4H10O3/c1-27-13-14-32-36-33-22-35(43-25-30-11-7-4-8-12-30)34(42-24-29-9-5-3-6-10-29)21-31(33)23-38(36,26-44-37(32)28(27)2)45-20-19-41-18-17-40-16-15-39;1-24-14-15-29-33-30-19-32(39-22-27-12-8-5-9-13-27)31(38-21-26-10-6-4-7-11-26)18-28(30)20-35(33,23-40-34(29)25(24)2)41-16-17-42-43(3,36)37;5-1-3-7-4-2-6/h3-14,21-22,36,39H,15-20,23-26H2,1-2H3;4-15,18-19,33H,16-17,20-23H2,1-3H3;5-6H,1-4H2. The van der Waals surface area contributed by atoms with Crippen LogP contribution >= 0.6 is 0 Å². The Morgan fingerprint density at radius 2 is 0.737 bits per heavy atom. The van der Waals surface area contributed by atoms with Crippen LogP contribution in [0.1, 0.15) is 89.7 Å². The van der Waals surface area contributed by atoms with E-state index in [4.69, 9.17) is 66.9 Å². The van der Waals surface area contributed by atoms with E-state index in [1.54, 1.807) is 0 Å². The largest absolute Gasteiger partial charge is 0.490 e. The average molecular weight is 1320 g/mol. The fourth-order valence-corrected chi connectivity index (χ4v) is 13.0. The van der Waals surface area contributed by atoms with Crippen LogP contribution in [0.4, 0.5) is 0 Å². The summed E-state index contributed by atoms with van der Waals surface area (Å²) >= 11 is 0. The van der Waals surface area contributed by atoms with E-state index < -0.39 is 21.3 Å². The fraction of sp³-hybridized carbons (Fsp3) is 0.377. The predicted molar refractivity (Wildman–Crippen MR) is 362 cm³/mol. The fourth-order valence-electron chi connectivity index (χ4n) is 12.6. The van der Waals surface area contributed by atoms with Crippen molar-refractivity contribution < 1.29 is 80.0 Å². The highest BCUT2D eigenvalue weighted by atomic mass is 32.2. The van der Waals surface area contributed by atoms with E-state index in [2.05, 4.69) is 105 Å². The molecule has 4 unspecified atom stereocenters. The zero-order valence-electron chi connectivity index (χ0n) is 54.9. The van der Waals surface area contributed by atoms with Crippen molar-refractivity contribution >= 4 is 10.1 Å². The minimum atomic E-state index is -3.58. The van der Waals surface area contributed by atoms with Gasteiger partial charge in [0.15, 0.2) is 23.0 Å². The van der Waals surface area contributed by atoms with Crippen LogP contribution in [0.5, 0.6) is 34.5 Å². The van der Waals surface area contributed by atoms with Crippen molar-refractivity contribution in [1.82, 2.24) is 0 Å². The molecule has 95 heavy (non-hydrogen) atoms. The molecule has 4 atom stereocenters. The molecule has 3 N–H and O–H groups in total. The molecular weight excluding hydrogens is 1230 g/mol. The Balaban J connectivity index is 0.000000188. The lowest BCUT2D eigenvalue weighted by Crippen LogP contribution is -2.47. The predicted octanol–water partition coefficient (Wildman–Crippen LogP) is 11.6. The van der Waals surface area contributed by atoms with Crippen LogP contribution < -0.4 is 28.4 Å². The molecule has 18 heteroatoms. The molecule has 0 aromatic heterocycles. The molecule has 8 aromatic rings. The van der Waals surface area contributed by atoms with Gasteiger partial charge in [-0.05, 0) is 119 Å². The second kappa shape index (κ2) is 33.7. The second-order valence-electron chi connectivity index (χ2n) is 24.1. The van der Waals surface area contributed by atoms with E-state index in [-0.39, 0.29) is 44.9 Å². The summed E-state index contributed by atoms with van der Waals surface area (Å²) in [4.78, 5) is 0. The number of fused-ring (bicyclic) bond motifs is 10. The molecule has 0 saturated heterocycles. The topological polar surface area (TPSA) is 206 Å². The smallest absolute Gasteiger partial charge is 0.264 e. The van der Waals surface area contributed by atoms with E-state index in [1.807, 2.05) is 97.1 Å². The maximum absolute atomic E-state index is 11.6. The first-order valence-corrected chi connectivity index (χ1v) is 34.2. The second-order valence-corrected chi connectivity index (χ2v) is 25.7. The first-order chi connectivity index (χ1) is 46.2. The quantitative estimate of drug-likeness (QED) is 0.0283. The number of aryl methyl sites for hydroxylation is 2. The summed E-state index contributed by atoms with van der Waals surface area (Å²) in [5.74, 6) is 4.39. The molecule has 17 nitrogen and oxygen atoms in total. The highest BCUT2D eigenvalue weighted by Gasteiger charge is 2.54. The molecule has 0 fully saturated rings. The van der Waals surface area contributed by atoms with Crippen molar-refractivity contribution in [2.45, 2.75) is 90.0 Å². The molecule has 12 rings (SSSR count). The van der Waals surface area contributed by atoms with Crippen LogP contribution in [-0.4, -0.2) is 134 Å². The van der Waals surface area contributed by atoms with Gasteiger partial charge in [0.2, 0.25) is 0 Å². The third-order valence-electron chi connectivity index (χ3n) is 17.4. The molecule has 0 bridgehead atoms. The summed E-state index contributed by atoms with van der Waals surface area (Å²) in [6, 6.07) is 57.5. The van der Waals surface area contributed by atoms with Gasteiger partial charge in [-0.2, -0.15) is 8.42 Å². The molecule has 504 valence electrons. The number of rotatable bonds is 30. The number of aliphatic hydroxyl groups excluding tert-OH is 3. The summed E-state index contributed by atoms with van der Waals surface area (Å²) < 4.78 is 95.8. The van der Waals surface area contributed by atoms with Gasteiger partial charge in [-0.1, -0.05) is 146 Å². The molecule has 2 aliphatic heterocycles. The molecule has 0 spiro atoms. The van der Waals surface area contributed by atoms with Gasteiger partial charge in [-0.15, -0.1) is 0 Å². The number of hydrogen-bond acceptors (Lipinski definition) is 17. The van der Waals surface area contributed by atoms with Crippen LogP contribution in [0, 0.1) is 27.7 Å². The van der Waals surface area contributed by atoms with Crippen LogP contribution in [0.2, 0.25) is 0 Å². The van der Waals surface area contributed by atoms with Gasteiger partial charge in [0, 0.05) is 35.8 Å². The summed E-state index contributed by atoms with van der Waals surface area (Å²) in [6.45, 7) is 13.6. The lowest BCUT2D eigenvalue weighted by atomic mass is 9.79. The normalized spacial score (nSPS) is 17.7. The van der Waals surface area contributed by atoms with E-state index in [9.17, 15) is 8.42 Å².